The van der Waals surface area contributed by atoms with Gasteiger partial charge in [0.2, 0.25) is 0 Å². The summed E-state index contributed by atoms with van der Waals surface area (Å²) < 4.78 is 5.39. The van der Waals surface area contributed by atoms with E-state index >= 15 is 0 Å². The fraction of sp³-hybridized carbons (Fsp3) is 0.385. The number of methoxy groups -OCH3 is 1. The van der Waals surface area contributed by atoms with E-state index in [0.29, 0.717) is 0 Å². The van der Waals surface area contributed by atoms with E-state index in [4.69, 9.17) is 11.2 Å². The molecule has 0 radical (unpaired) electrons. The smallest absolute Gasteiger partial charge is 0.0955 e. The second-order valence-corrected chi connectivity index (χ2v) is 3.52. The van der Waals surface area contributed by atoms with Crippen LogP contribution in [-0.4, -0.2) is 7.11 Å². The summed E-state index contributed by atoms with van der Waals surface area (Å²) in [6, 6.07) is 8.28. The Balaban J connectivity index is 2.91. The zero-order valence-corrected chi connectivity index (χ0v) is 8.95. The van der Waals surface area contributed by atoms with E-state index < -0.39 is 0 Å². The Morgan fingerprint density at radius 3 is 2.29 bits per heavy atom. The van der Waals surface area contributed by atoms with Crippen molar-refractivity contribution in [3.8, 4) is 12.3 Å². The van der Waals surface area contributed by atoms with E-state index in [1.54, 1.807) is 7.11 Å². The van der Waals surface area contributed by atoms with Gasteiger partial charge in [-0.25, -0.2) is 0 Å². The first-order valence-electron chi connectivity index (χ1n) is 4.74. The van der Waals surface area contributed by atoms with Crippen LogP contribution >= 0.6 is 0 Å². The number of rotatable bonds is 3. The van der Waals surface area contributed by atoms with Crippen LogP contribution in [-0.2, 0) is 4.74 Å². The summed E-state index contributed by atoms with van der Waals surface area (Å²) in [5.74, 6) is 2.80. The van der Waals surface area contributed by atoms with Crippen molar-refractivity contribution in [3.63, 3.8) is 0 Å². The molecule has 1 aromatic carbocycles. The molecular weight excluding hydrogens is 172 g/mol. The van der Waals surface area contributed by atoms with E-state index in [9.17, 15) is 0 Å². The zero-order valence-electron chi connectivity index (χ0n) is 8.95. The maximum atomic E-state index is 5.39. The van der Waals surface area contributed by atoms with Crippen LogP contribution in [0.25, 0.3) is 0 Å². The maximum absolute atomic E-state index is 5.39. The number of ether oxygens (including phenoxy) is 1. The number of benzene rings is 1. The third-order valence-corrected chi connectivity index (χ3v) is 2.38. The molecule has 0 aliphatic heterocycles. The number of terminal acetylenes is 1. The van der Waals surface area contributed by atoms with Gasteiger partial charge in [-0.3, -0.25) is 0 Å². The molecule has 1 aromatic rings. The molecule has 0 spiro atoms. The molecule has 0 heterocycles. The standard InChI is InChI=1S/C13H16O/c1-5-11(3)13(14-4)12-8-6-10(2)7-9-12/h1,6-9,11,13H,2-4H3/t11-,13?/m1/s1. The van der Waals surface area contributed by atoms with Gasteiger partial charge in [-0.2, -0.15) is 0 Å². The van der Waals surface area contributed by atoms with Gasteiger partial charge in [0.15, 0.2) is 0 Å². The van der Waals surface area contributed by atoms with Crippen LogP contribution < -0.4 is 0 Å². The normalized spacial score (nSPS) is 14.4. The van der Waals surface area contributed by atoms with E-state index in [1.165, 1.54) is 5.56 Å². The number of hydrogen-bond donors (Lipinski definition) is 0. The summed E-state index contributed by atoms with van der Waals surface area (Å²) in [6.45, 7) is 4.06. The Labute approximate surface area is 86.1 Å². The van der Waals surface area contributed by atoms with Crippen LogP contribution in [0.3, 0.4) is 0 Å². The fourth-order valence-electron chi connectivity index (χ4n) is 1.47. The van der Waals surface area contributed by atoms with Crippen molar-refractivity contribution < 1.29 is 4.74 Å². The number of hydrogen-bond acceptors (Lipinski definition) is 1. The summed E-state index contributed by atoms with van der Waals surface area (Å²) in [4.78, 5) is 0. The minimum atomic E-state index is 0.000556. The predicted octanol–water partition coefficient (Wildman–Crippen LogP) is 2.95. The number of aryl methyl sites for hydroxylation is 1. The van der Waals surface area contributed by atoms with Gasteiger partial charge in [0.05, 0.1) is 6.10 Å². The van der Waals surface area contributed by atoms with Gasteiger partial charge < -0.3 is 4.74 Å². The maximum Gasteiger partial charge on any atom is 0.0955 e. The lowest BCUT2D eigenvalue weighted by atomic mass is 9.97. The van der Waals surface area contributed by atoms with Crippen molar-refractivity contribution in [1.29, 1.82) is 0 Å². The highest BCUT2D eigenvalue weighted by Gasteiger charge is 2.16. The molecule has 0 N–H and O–H groups in total. The second-order valence-electron chi connectivity index (χ2n) is 3.52. The van der Waals surface area contributed by atoms with Crippen molar-refractivity contribution in [2.24, 2.45) is 5.92 Å². The Morgan fingerprint density at radius 2 is 1.86 bits per heavy atom. The first-order valence-corrected chi connectivity index (χ1v) is 4.74. The van der Waals surface area contributed by atoms with Crippen LogP contribution in [0.5, 0.6) is 0 Å². The summed E-state index contributed by atoms with van der Waals surface area (Å²) in [7, 11) is 1.69. The van der Waals surface area contributed by atoms with Crippen LogP contribution in [0.15, 0.2) is 24.3 Å². The summed E-state index contributed by atoms with van der Waals surface area (Å²) in [6.07, 6.45) is 5.39. The topological polar surface area (TPSA) is 9.23 Å². The molecule has 74 valence electrons. The van der Waals surface area contributed by atoms with E-state index in [1.807, 2.05) is 6.92 Å². The molecule has 0 bridgehead atoms. The van der Waals surface area contributed by atoms with Gasteiger partial charge in [-0.05, 0) is 19.4 Å². The molecule has 0 saturated carbocycles. The average molecular weight is 188 g/mol. The van der Waals surface area contributed by atoms with Crippen LogP contribution in [0.1, 0.15) is 24.2 Å². The van der Waals surface area contributed by atoms with Crippen molar-refractivity contribution in [2.75, 3.05) is 7.11 Å². The molecule has 0 aliphatic rings. The molecule has 0 saturated heterocycles. The van der Waals surface area contributed by atoms with Gasteiger partial charge in [-0.15, -0.1) is 12.3 Å². The minimum Gasteiger partial charge on any atom is -0.375 e. The summed E-state index contributed by atoms with van der Waals surface area (Å²) in [5.41, 5.74) is 2.39. The Kier molecular flexibility index (Phi) is 3.73. The Hall–Kier alpha value is -1.26. The van der Waals surface area contributed by atoms with Crippen molar-refractivity contribution in [3.05, 3.63) is 35.4 Å². The van der Waals surface area contributed by atoms with Gasteiger partial charge in [0, 0.05) is 13.0 Å². The van der Waals surface area contributed by atoms with Crippen LogP contribution in [0.4, 0.5) is 0 Å². The van der Waals surface area contributed by atoms with Crippen molar-refractivity contribution in [2.45, 2.75) is 20.0 Å². The van der Waals surface area contributed by atoms with E-state index in [2.05, 4.69) is 37.1 Å². The van der Waals surface area contributed by atoms with Crippen molar-refractivity contribution >= 4 is 0 Å². The second kappa shape index (κ2) is 4.83. The summed E-state index contributed by atoms with van der Waals surface area (Å²) in [5, 5.41) is 0. The molecule has 1 rings (SSSR count). The molecule has 0 aliphatic carbocycles. The molecule has 0 fully saturated rings. The van der Waals surface area contributed by atoms with Crippen LogP contribution in [0.2, 0.25) is 0 Å². The molecule has 1 heteroatoms. The minimum absolute atomic E-state index is 0.000556. The van der Waals surface area contributed by atoms with Gasteiger partial charge in [-0.1, -0.05) is 29.8 Å². The average Bonchev–Trinajstić information content (AvgIpc) is 2.21. The molecule has 1 unspecified atom stereocenters. The zero-order chi connectivity index (χ0) is 10.6. The van der Waals surface area contributed by atoms with Gasteiger partial charge in [0.1, 0.15) is 0 Å². The highest BCUT2D eigenvalue weighted by atomic mass is 16.5. The predicted molar refractivity (Wildman–Crippen MR) is 58.9 cm³/mol. The van der Waals surface area contributed by atoms with Gasteiger partial charge in [0.25, 0.3) is 0 Å². The molecule has 0 aromatic heterocycles. The molecule has 1 nitrogen and oxygen atoms in total. The fourth-order valence-corrected chi connectivity index (χ4v) is 1.47. The Morgan fingerprint density at radius 1 is 1.29 bits per heavy atom. The Bertz CT molecular complexity index is 318. The first kappa shape index (κ1) is 10.8. The van der Waals surface area contributed by atoms with Gasteiger partial charge >= 0.3 is 0 Å². The SMILES string of the molecule is C#C[C@@H](C)C(OC)c1ccc(C)cc1. The van der Waals surface area contributed by atoms with E-state index in [-0.39, 0.29) is 12.0 Å². The third-order valence-electron chi connectivity index (χ3n) is 2.38. The van der Waals surface area contributed by atoms with Crippen LogP contribution in [0, 0.1) is 25.2 Å². The molecule has 14 heavy (non-hydrogen) atoms. The lowest BCUT2D eigenvalue weighted by Crippen LogP contribution is -2.10. The lowest BCUT2D eigenvalue weighted by Gasteiger charge is -2.18. The highest BCUT2D eigenvalue weighted by molar-refractivity contribution is 5.24. The first-order chi connectivity index (χ1) is 6.69. The quantitative estimate of drug-likeness (QED) is 0.663. The molecular formula is C13H16O. The molecule has 2 atom stereocenters. The molecule has 0 amide bonds. The summed E-state index contributed by atoms with van der Waals surface area (Å²) >= 11 is 0. The van der Waals surface area contributed by atoms with E-state index in [0.717, 1.165) is 5.56 Å². The third kappa shape index (κ3) is 2.37. The monoisotopic (exact) mass is 188 g/mol. The lowest BCUT2D eigenvalue weighted by molar-refractivity contribution is 0.0772. The van der Waals surface area contributed by atoms with Crippen molar-refractivity contribution in [1.82, 2.24) is 0 Å². The largest absolute Gasteiger partial charge is 0.375 e. The highest BCUT2D eigenvalue weighted by Crippen LogP contribution is 2.24.